The molecule has 4 heteroatoms. The fourth-order valence-electron chi connectivity index (χ4n) is 3.67. The lowest BCUT2D eigenvalue weighted by Crippen LogP contribution is -2.21. The zero-order valence-electron chi connectivity index (χ0n) is 15.6. The molecule has 2 aromatic carbocycles. The highest BCUT2D eigenvalue weighted by Crippen LogP contribution is 2.35. The Morgan fingerprint density at radius 1 is 1.11 bits per heavy atom. The van der Waals surface area contributed by atoms with Crippen LogP contribution in [0.4, 0.5) is 13.2 Å². The first-order valence-electron chi connectivity index (χ1n) is 9.57. The fourth-order valence-corrected chi connectivity index (χ4v) is 3.67. The van der Waals surface area contributed by atoms with E-state index < -0.39 is 17.5 Å². The van der Waals surface area contributed by atoms with Crippen LogP contribution in [-0.2, 0) is 4.74 Å². The molecule has 0 bridgehead atoms. The van der Waals surface area contributed by atoms with Crippen molar-refractivity contribution in [2.75, 3.05) is 6.61 Å². The molecule has 2 unspecified atom stereocenters. The van der Waals surface area contributed by atoms with Gasteiger partial charge in [0.05, 0.1) is 12.7 Å². The highest BCUT2D eigenvalue weighted by atomic mass is 19.2. The summed E-state index contributed by atoms with van der Waals surface area (Å²) in [6.07, 6.45) is 6.28. The van der Waals surface area contributed by atoms with Gasteiger partial charge in [-0.3, -0.25) is 0 Å². The van der Waals surface area contributed by atoms with Gasteiger partial charge in [-0.15, -0.1) is 0 Å². The first-order valence-corrected chi connectivity index (χ1v) is 9.57. The van der Waals surface area contributed by atoms with Gasteiger partial charge in [-0.05, 0) is 36.8 Å². The third kappa shape index (κ3) is 4.27. The minimum Gasteiger partial charge on any atom is -0.373 e. The molecule has 0 amide bonds. The number of rotatable bonds is 6. The number of halogens is 3. The lowest BCUT2D eigenvalue weighted by Gasteiger charge is -2.29. The Bertz CT molecular complexity index is 808. The summed E-state index contributed by atoms with van der Waals surface area (Å²) in [7, 11) is 0. The molecule has 1 fully saturated rings. The number of benzene rings is 2. The van der Waals surface area contributed by atoms with Gasteiger partial charge >= 0.3 is 0 Å². The van der Waals surface area contributed by atoms with E-state index in [2.05, 4.69) is 13.5 Å². The van der Waals surface area contributed by atoms with Gasteiger partial charge in [0.2, 0.25) is 0 Å². The molecule has 2 aromatic rings. The largest absolute Gasteiger partial charge is 0.373 e. The summed E-state index contributed by atoms with van der Waals surface area (Å²) >= 11 is 0. The van der Waals surface area contributed by atoms with E-state index >= 15 is 0 Å². The summed E-state index contributed by atoms with van der Waals surface area (Å²) in [5.41, 5.74) is 0.908. The average Bonchev–Trinajstić information content (AvgIpc) is 2.69. The van der Waals surface area contributed by atoms with Crippen molar-refractivity contribution in [1.82, 2.24) is 0 Å². The molecule has 1 heterocycles. The zero-order chi connectivity index (χ0) is 19.4. The lowest BCUT2D eigenvalue weighted by molar-refractivity contribution is -0.0214. The molecule has 0 aromatic heterocycles. The van der Waals surface area contributed by atoms with Crippen LogP contribution in [0.3, 0.4) is 0 Å². The standard InChI is InChI=1S/C23H25F3O/c1-3-5-6-15-7-12-21(27-14-15)19-11-9-17(13-20(19)24)18-10-8-16(4-2)22(25)23(18)26/h4,8-11,13,15,21H,2-3,5-7,12,14H2,1H3. The first kappa shape index (κ1) is 19.7. The second-order valence-corrected chi connectivity index (χ2v) is 7.18. The Morgan fingerprint density at radius 3 is 2.56 bits per heavy atom. The molecule has 144 valence electrons. The minimum atomic E-state index is -0.993. The van der Waals surface area contributed by atoms with Gasteiger partial charge in [0.15, 0.2) is 11.6 Å². The SMILES string of the molecule is C=Cc1ccc(-c2ccc(C3CCC(CCCC)CO3)c(F)c2)c(F)c1F. The second-order valence-electron chi connectivity index (χ2n) is 7.18. The van der Waals surface area contributed by atoms with E-state index in [1.807, 2.05) is 0 Å². The molecule has 3 rings (SSSR count). The van der Waals surface area contributed by atoms with Gasteiger partial charge in [0.1, 0.15) is 5.82 Å². The van der Waals surface area contributed by atoms with E-state index in [-0.39, 0.29) is 17.2 Å². The van der Waals surface area contributed by atoms with Crippen LogP contribution in [0.15, 0.2) is 36.9 Å². The maximum Gasteiger partial charge on any atom is 0.167 e. The summed E-state index contributed by atoms with van der Waals surface area (Å²) in [5.74, 6) is -1.87. The summed E-state index contributed by atoms with van der Waals surface area (Å²) in [5, 5.41) is 0. The molecular weight excluding hydrogens is 349 g/mol. The Hall–Kier alpha value is -2.07. The molecule has 0 N–H and O–H groups in total. The molecule has 1 aliphatic heterocycles. The second kappa shape index (κ2) is 8.75. The molecule has 27 heavy (non-hydrogen) atoms. The first-order chi connectivity index (χ1) is 13.0. The molecule has 1 saturated heterocycles. The van der Waals surface area contributed by atoms with Crippen LogP contribution in [-0.4, -0.2) is 6.61 Å². The van der Waals surface area contributed by atoms with Crippen LogP contribution in [0.5, 0.6) is 0 Å². The van der Waals surface area contributed by atoms with Crippen LogP contribution < -0.4 is 0 Å². The number of hydrogen-bond donors (Lipinski definition) is 0. The third-order valence-electron chi connectivity index (χ3n) is 5.33. The van der Waals surface area contributed by atoms with E-state index in [1.165, 1.54) is 37.1 Å². The number of hydrogen-bond acceptors (Lipinski definition) is 1. The van der Waals surface area contributed by atoms with Gasteiger partial charge in [0.25, 0.3) is 0 Å². The minimum absolute atomic E-state index is 0.0349. The molecule has 0 radical (unpaired) electrons. The van der Waals surface area contributed by atoms with Crippen molar-refractivity contribution in [2.24, 2.45) is 5.92 Å². The van der Waals surface area contributed by atoms with Crippen molar-refractivity contribution >= 4 is 6.08 Å². The summed E-state index contributed by atoms with van der Waals surface area (Å²) in [4.78, 5) is 0. The monoisotopic (exact) mass is 374 g/mol. The smallest absolute Gasteiger partial charge is 0.167 e. The van der Waals surface area contributed by atoms with Crippen molar-refractivity contribution in [2.45, 2.75) is 45.1 Å². The molecule has 0 saturated carbocycles. The topological polar surface area (TPSA) is 9.23 Å². The number of unbranched alkanes of at least 4 members (excludes halogenated alkanes) is 1. The van der Waals surface area contributed by atoms with Crippen LogP contribution in [0.1, 0.15) is 56.3 Å². The molecule has 0 aliphatic carbocycles. The van der Waals surface area contributed by atoms with E-state index in [1.54, 1.807) is 12.1 Å². The van der Waals surface area contributed by atoms with Gasteiger partial charge in [-0.1, -0.05) is 56.7 Å². The highest BCUT2D eigenvalue weighted by Gasteiger charge is 2.25. The Morgan fingerprint density at radius 2 is 1.93 bits per heavy atom. The average molecular weight is 374 g/mol. The zero-order valence-corrected chi connectivity index (χ0v) is 15.6. The molecule has 1 nitrogen and oxygen atoms in total. The van der Waals surface area contributed by atoms with Crippen LogP contribution in [0, 0.1) is 23.4 Å². The van der Waals surface area contributed by atoms with Gasteiger partial charge < -0.3 is 4.74 Å². The van der Waals surface area contributed by atoms with Crippen molar-refractivity contribution in [3.8, 4) is 11.1 Å². The quantitative estimate of drug-likeness (QED) is 0.525. The van der Waals surface area contributed by atoms with Gasteiger partial charge in [-0.2, -0.15) is 0 Å². The summed E-state index contributed by atoms with van der Waals surface area (Å²) < 4.78 is 48.9. The Labute approximate surface area is 158 Å². The van der Waals surface area contributed by atoms with Crippen LogP contribution >= 0.6 is 0 Å². The normalized spacial score (nSPS) is 19.9. The predicted octanol–water partition coefficient (Wildman–Crippen LogP) is 7.07. The fraction of sp³-hybridized carbons (Fsp3) is 0.391. The maximum atomic E-state index is 14.7. The molecular formula is C23H25F3O. The third-order valence-corrected chi connectivity index (χ3v) is 5.33. The van der Waals surface area contributed by atoms with Crippen molar-refractivity contribution < 1.29 is 17.9 Å². The van der Waals surface area contributed by atoms with E-state index in [0.717, 1.165) is 19.3 Å². The van der Waals surface area contributed by atoms with Crippen molar-refractivity contribution in [1.29, 1.82) is 0 Å². The van der Waals surface area contributed by atoms with E-state index in [4.69, 9.17) is 4.74 Å². The Kier molecular flexibility index (Phi) is 6.38. The van der Waals surface area contributed by atoms with Gasteiger partial charge in [0, 0.05) is 16.7 Å². The van der Waals surface area contributed by atoms with E-state index in [9.17, 15) is 13.2 Å². The highest BCUT2D eigenvalue weighted by molar-refractivity contribution is 5.67. The predicted molar refractivity (Wildman–Crippen MR) is 103 cm³/mol. The molecule has 2 atom stereocenters. The molecule has 0 spiro atoms. The van der Waals surface area contributed by atoms with Crippen molar-refractivity contribution in [3.05, 3.63) is 65.5 Å². The summed E-state index contributed by atoms with van der Waals surface area (Å²) in [6.45, 7) is 6.27. The lowest BCUT2D eigenvalue weighted by atomic mass is 9.90. The maximum absolute atomic E-state index is 14.7. The van der Waals surface area contributed by atoms with E-state index in [0.29, 0.717) is 23.7 Å². The van der Waals surface area contributed by atoms with Crippen molar-refractivity contribution in [3.63, 3.8) is 0 Å². The summed E-state index contributed by atoms with van der Waals surface area (Å²) in [6, 6.07) is 7.39. The Balaban J connectivity index is 1.77. The van der Waals surface area contributed by atoms with Crippen LogP contribution in [0.25, 0.3) is 17.2 Å². The number of ether oxygens (including phenoxy) is 1. The van der Waals surface area contributed by atoms with Gasteiger partial charge in [-0.25, -0.2) is 13.2 Å². The molecule has 1 aliphatic rings. The van der Waals surface area contributed by atoms with Crippen LogP contribution in [0.2, 0.25) is 0 Å².